The number of aryl methyl sites for hydroxylation is 1. The molecule has 1 aromatic carbocycles. The van der Waals surface area contributed by atoms with Crippen LogP contribution in [-0.2, 0) is 4.79 Å². The highest BCUT2D eigenvalue weighted by Gasteiger charge is 2.13. The zero-order chi connectivity index (χ0) is 14.6. The average molecular weight is 264 g/mol. The smallest absolute Gasteiger partial charge is 0.238 e. The van der Waals surface area contributed by atoms with Crippen LogP contribution in [0.1, 0.15) is 31.9 Å². The number of hydrogen-bond donors (Lipinski definition) is 2. The number of methoxy groups -OCH3 is 1. The van der Waals surface area contributed by atoms with E-state index in [2.05, 4.69) is 10.6 Å². The van der Waals surface area contributed by atoms with Crippen molar-refractivity contribution >= 4 is 11.6 Å². The third-order valence-electron chi connectivity index (χ3n) is 2.86. The molecule has 0 bridgehead atoms. The lowest BCUT2D eigenvalue weighted by Gasteiger charge is -2.20. The van der Waals surface area contributed by atoms with Crippen molar-refractivity contribution in [3.63, 3.8) is 0 Å². The number of carbonyl (C=O) groups is 1. The van der Waals surface area contributed by atoms with Crippen molar-refractivity contribution in [1.29, 1.82) is 0 Å². The van der Waals surface area contributed by atoms with Crippen molar-refractivity contribution in [1.82, 2.24) is 5.32 Å². The first-order chi connectivity index (χ1) is 8.74. The van der Waals surface area contributed by atoms with E-state index in [-0.39, 0.29) is 11.4 Å². The Bertz CT molecular complexity index is 462. The molecule has 4 nitrogen and oxygen atoms in total. The van der Waals surface area contributed by atoms with E-state index in [9.17, 15) is 4.79 Å². The number of hydrogen-bond acceptors (Lipinski definition) is 3. The van der Waals surface area contributed by atoms with Crippen LogP contribution in [0.25, 0.3) is 0 Å². The quantitative estimate of drug-likeness (QED) is 0.879. The number of ether oxygens (including phenoxy) is 1. The summed E-state index contributed by atoms with van der Waals surface area (Å²) in [6.45, 7) is 10.3. The fourth-order valence-corrected chi connectivity index (χ4v) is 1.82. The predicted molar refractivity (Wildman–Crippen MR) is 78.9 cm³/mol. The monoisotopic (exact) mass is 264 g/mol. The Kier molecular flexibility index (Phi) is 4.95. The van der Waals surface area contributed by atoms with E-state index in [0.29, 0.717) is 6.54 Å². The van der Waals surface area contributed by atoms with Gasteiger partial charge in [-0.25, -0.2) is 0 Å². The molecule has 1 aromatic rings. The Morgan fingerprint density at radius 1 is 1.26 bits per heavy atom. The maximum Gasteiger partial charge on any atom is 0.238 e. The van der Waals surface area contributed by atoms with Crippen molar-refractivity contribution < 1.29 is 9.53 Å². The van der Waals surface area contributed by atoms with Crippen LogP contribution < -0.4 is 15.4 Å². The molecule has 4 heteroatoms. The molecule has 0 aliphatic carbocycles. The van der Waals surface area contributed by atoms with Crippen LogP contribution in [0.3, 0.4) is 0 Å². The largest absolute Gasteiger partial charge is 0.496 e. The molecule has 0 atom stereocenters. The number of rotatable bonds is 4. The molecule has 0 spiro atoms. The minimum atomic E-state index is -0.0721. The second-order valence-corrected chi connectivity index (χ2v) is 5.74. The molecule has 0 unspecified atom stereocenters. The number of carbonyl (C=O) groups excluding carboxylic acids is 1. The fourth-order valence-electron chi connectivity index (χ4n) is 1.82. The minimum absolute atomic E-state index is 0.0519. The van der Waals surface area contributed by atoms with Gasteiger partial charge >= 0.3 is 0 Å². The number of anilines is 1. The molecule has 0 aliphatic rings. The van der Waals surface area contributed by atoms with Gasteiger partial charge in [0.2, 0.25) is 5.91 Å². The van der Waals surface area contributed by atoms with Gasteiger partial charge in [-0.15, -0.1) is 0 Å². The first-order valence-electron chi connectivity index (χ1n) is 6.43. The zero-order valence-electron chi connectivity index (χ0n) is 12.7. The fraction of sp³-hybridized carbons (Fsp3) is 0.533. The van der Waals surface area contributed by atoms with Gasteiger partial charge in [0.15, 0.2) is 0 Å². The number of amides is 1. The number of benzene rings is 1. The van der Waals surface area contributed by atoms with Gasteiger partial charge in [0, 0.05) is 16.8 Å². The molecule has 106 valence electrons. The Labute approximate surface area is 115 Å². The molecule has 0 aromatic heterocycles. The highest BCUT2D eigenvalue weighted by atomic mass is 16.5. The molecule has 0 fully saturated rings. The third kappa shape index (κ3) is 4.56. The molecule has 0 saturated heterocycles. The Balaban J connectivity index is 2.75. The summed E-state index contributed by atoms with van der Waals surface area (Å²) in [4.78, 5) is 11.9. The molecule has 0 radical (unpaired) electrons. The summed E-state index contributed by atoms with van der Waals surface area (Å²) < 4.78 is 5.35. The lowest BCUT2D eigenvalue weighted by atomic mass is 10.1. The summed E-state index contributed by atoms with van der Waals surface area (Å²) in [6, 6.07) is 3.85. The molecule has 2 N–H and O–H groups in total. The van der Waals surface area contributed by atoms with Gasteiger partial charge in [-0.3, -0.25) is 4.79 Å². The first kappa shape index (κ1) is 15.5. The summed E-state index contributed by atoms with van der Waals surface area (Å²) in [6.07, 6.45) is 0. The molecular weight excluding hydrogens is 240 g/mol. The van der Waals surface area contributed by atoms with Crippen LogP contribution in [0.2, 0.25) is 0 Å². The van der Waals surface area contributed by atoms with E-state index in [1.165, 1.54) is 0 Å². The molecule has 1 rings (SSSR count). The normalized spacial score (nSPS) is 11.3. The van der Waals surface area contributed by atoms with E-state index >= 15 is 0 Å². The van der Waals surface area contributed by atoms with Gasteiger partial charge in [-0.1, -0.05) is 6.07 Å². The molecule has 0 saturated carbocycles. The van der Waals surface area contributed by atoms with Crippen LogP contribution in [-0.4, -0.2) is 25.1 Å². The van der Waals surface area contributed by atoms with Crippen LogP contribution >= 0.6 is 0 Å². The van der Waals surface area contributed by atoms with Crippen LogP contribution in [0.5, 0.6) is 5.75 Å². The Morgan fingerprint density at radius 3 is 2.42 bits per heavy atom. The standard InChI is InChI=1S/C15H24N2O2/c1-10-7-8-12(11(2)14(10)19-6)17-13(18)9-16-15(3,4)5/h7-8,16H,9H2,1-6H3,(H,17,18). The lowest BCUT2D eigenvalue weighted by molar-refractivity contribution is -0.115. The second-order valence-electron chi connectivity index (χ2n) is 5.74. The van der Waals surface area contributed by atoms with Gasteiger partial charge < -0.3 is 15.4 Å². The van der Waals surface area contributed by atoms with E-state index < -0.39 is 0 Å². The minimum Gasteiger partial charge on any atom is -0.496 e. The summed E-state index contributed by atoms with van der Waals surface area (Å²) in [5.74, 6) is 0.769. The van der Waals surface area contributed by atoms with E-state index in [0.717, 1.165) is 22.6 Å². The number of nitrogens with one attached hydrogen (secondary N) is 2. The van der Waals surface area contributed by atoms with Gasteiger partial charge in [0.25, 0.3) is 0 Å². The second kappa shape index (κ2) is 6.06. The van der Waals surface area contributed by atoms with Gasteiger partial charge in [0.05, 0.1) is 13.7 Å². The summed E-state index contributed by atoms with van der Waals surface area (Å²) in [5, 5.41) is 6.06. The van der Waals surface area contributed by atoms with Gasteiger partial charge in [-0.2, -0.15) is 0 Å². The maximum absolute atomic E-state index is 11.9. The van der Waals surface area contributed by atoms with Crippen molar-refractivity contribution in [3.8, 4) is 5.75 Å². The molecule has 0 heterocycles. The van der Waals surface area contributed by atoms with Crippen LogP contribution in [0, 0.1) is 13.8 Å². The maximum atomic E-state index is 11.9. The zero-order valence-corrected chi connectivity index (χ0v) is 12.7. The predicted octanol–water partition coefficient (Wildman–Crippen LogP) is 2.64. The van der Waals surface area contributed by atoms with Crippen molar-refractivity contribution in [2.45, 2.75) is 40.2 Å². The van der Waals surface area contributed by atoms with Crippen molar-refractivity contribution in [3.05, 3.63) is 23.3 Å². The molecule has 1 amide bonds. The summed E-state index contributed by atoms with van der Waals surface area (Å²) in [7, 11) is 1.64. The molecule has 19 heavy (non-hydrogen) atoms. The van der Waals surface area contributed by atoms with Crippen LogP contribution in [0.15, 0.2) is 12.1 Å². The highest BCUT2D eigenvalue weighted by molar-refractivity contribution is 5.93. The van der Waals surface area contributed by atoms with Gasteiger partial charge in [0.1, 0.15) is 5.75 Å². The third-order valence-corrected chi connectivity index (χ3v) is 2.86. The summed E-state index contributed by atoms with van der Waals surface area (Å²) >= 11 is 0. The average Bonchev–Trinajstić information content (AvgIpc) is 2.30. The molecule has 0 aliphatic heterocycles. The van der Waals surface area contributed by atoms with Crippen molar-refractivity contribution in [2.24, 2.45) is 0 Å². The Morgan fingerprint density at radius 2 is 1.89 bits per heavy atom. The van der Waals surface area contributed by atoms with Gasteiger partial charge in [-0.05, 0) is 46.2 Å². The summed E-state index contributed by atoms with van der Waals surface area (Å²) in [5.41, 5.74) is 2.73. The van der Waals surface area contributed by atoms with Crippen molar-refractivity contribution in [2.75, 3.05) is 19.0 Å². The Hall–Kier alpha value is -1.55. The van der Waals surface area contributed by atoms with E-state index in [1.54, 1.807) is 7.11 Å². The highest BCUT2D eigenvalue weighted by Crippen LogP contribution is 2.28. The lowest BCUT2D eigenvalue weighted by Crippen LogP contribution is -2.41. The van der Waals surface area contributed by atoms with Crippen LogP contribution in [0.4, 0.5) is 5.69 Å². The van der Waals surface area contributed by atoms with E-state index in [4.69, 9.17) is 4.74 Å². The first-order valence-corrected chi connectivity index (χ1v) is 6.43. The topological polar surface area (TPSA) is 50.4 Å². The SMILES string of the molecule is COc1c(C)ccc(NC(=O)CNC(C)(C)C)c1C. The molecular formula is C15H24N2O2. The van der Waals surface area contributed by atoms with E-state index in [1.807, 2.05) is 46.8 Å².